The van der Waals surface area contributed by atoms with E-state index in [2.05, 4.69) is 10.3 Å². The number of anilines is 2. The summed E-state index contributed by atoms with van der Waals surface area (Å²) in [4.78, 5) is 3.79. The lowest BCUT2D eigenvalue weighted by Gasteiger charge is -2.05. The van der Waals surface area contributed by atoms with Crippen molar-refractivity contribution in [2.75, 3.05) is 5.32 Å². The van der Waals surface area contributed by atoms with Crippen molar-refractivity contribution < 1.29 is 13.2 Å². The van der Waals surface area contributed by atoms with Gasteiger partial charge in [-0.3, -0.25) is 0 Å². The van der Waals surface area contributed by atoms with Gasteiger partial charge in [-0.1, -0.05) is 53.3 Å². The maximum absolute atomic E-state index is 13.3. The van der Waals surface area contributed by atoms with Gasteiger partial charge >= 0.3 is 6.18 Å². The molecule has 1 heterocycles. The van der Waals surface area contributed by atoms with Gasteiger partial charge in [0.1, 0.15) is 0 Å². The van der Waals surface area contributed by atoms with Crippen molar-refractivity contribution in [2.45, 2.75) is 6.18 Å². The van der Waals surface area contributed by atoms with Gasteiger partial charge in [0.05, 0.1) is 4.88 Å². The molecule has 23 heavy (non-hydrogen) atoms. The first-order chi connectivity index (χ1) is 10.9. The Morgan fingerprint density at radius 3 is 2.22 bits per heavy atom. The van der Waals surface area contributed by atoms with E-state index >= 15 is 0 Å². The van der Waals surface area contributed by atoms with E-state index in [9.17, 15) is 13.2 Å². The summed E-state index contributed by atoms with van der Waals surface area (Å²) in [6.07, 6.45) is -4.53. The third-order valence-electron chi connectivity index (χ3n) is 3.03. The van der Waals surface area contributed by atoms with E-state index in [4.69, 9.17) is 11.6 Å². The van der Waals surface area contributed by atoms with Crippen LogP contribution < -0.4 is 5.32 Å². The number of halogens is 4. The molecule has 0 fully saturated rings. The second kappa shape index (κ2) is 6.22. The summed E-state index contributed by atoms with van der Waals surface area (Å²) in [6, 6.07) is 15.2. The molecular weight excluding hydrogens is 345 g/mol. The SMILES string of the molecule is FC(F)(F)c1nc(Nc2ccccc2)sc1-c1ccc(Cl)cc1. The molecule has 0 unspecified atom stereocenters. The number of aromatic nitrogens is 1. The van der Waals surface area contributed by atoms with E-state index in [0.29, 0.717) is 16.3 Å². The number of hydrogen-bond acceptors (Lipinski definition) is 3. The van der Waals surface area contributed by atoms with Gasteiger partial charge < -0.3 is 5.32 Å². The summed E-state index contributed by atoms with van der Waals surface area (Å²) in [7, 11) is 0. The molecule has 0 spiro atoms. The molecular formula is C16H10ClF3N2S. The van der Waals surface area contributed by atoms with E-state index in [-0.39, 0.29) is 10.0 Å². The molecule has 2 nitrogen and oxygen atoms in total. The lowest BCUT2D eigenvalue weighted by molar-refractivity contribution is -0.140. The minimum absolute atomic E-state index is 0.0626. The van der Waals surface area contributed by atoms with Gasteiger partial charge in [-0.2, -0.15) is 13.2 Å². The van der Waals surface area contributed by atoms with E-state index in [1.54, 1.807) is 48.5 Å². The van der Waals surface area contributed by atoms with Crippen molar-refractivity contribution in [3.05, 3.63) is 65.3 Å². The molecule has 1 N–H and O–H groups in total. The molecule has 2 aromatic carbocycles. The molecule has 0 atom stereocenters. The number of nitrogens with one attached hydrogen (secondary N) is 1. The Morgan fingerprint density at radius 1 is 0.957 bits per heavy atom. The topological polar surface area (TPSA) is 24.9 Å². The highest BCUT2D eigenvalue weighted by Crippen LogP contribution is 2.42. The zero-order chi connectivity index (χ0) is 16.4. The van der Waals surface area contributed by atoms with Crippen LogP contribution in [0.1, 0.15) is 5.69 Å². The maximum Gasteiger partial charge on any atom is 0.434 e. The Hall–Kier alpha value is -2.05. The number of benzene rings is 2. The average Bonchev–Trinajstić information content (AvgIpc) is 2.93. The first-order valence-corrected chi connectivity index (χ1v) is 7.79. The van der Waals surface area contributed by atoms with E-state index in [1.165, 1.54) is 0 Å². The maximum atomic E-state index is 13.3. The van der Waals surface area contributed by atoms with Crippen LogP contribution in [0.25, 0.3) is 10.4 Å². The minimum Gasteiger partial charge on any atom is -0.332 e. The predicted molar refractivity (Wildman–Crippen MR) is 87.3 cm³/mol. The fraction of sp³-hybridized carbons (Fsp3) is 0.0625. The number of thiazole rings is 1. The largest absolute Gasteiger partial charge is 0.434 e. The first-order valence-electron chi connectivity index (χ1n) is 6.59. The van der Waals surface area contributed by atoms with Crippen LogP contribution in [0.3, 0.4) is 0 Å². The van der Waals surface area contributed by atoms with Crippen LogP contribution >= 0.6 is 22.9 Å². The molecule has 3 rings (SSSR count). The Labute approximate surface area is 139 Å². The van der Waals surface area contributed by atoms with Gasteiger partial charge in [-0.05, 0) is 29.8 Å². The van der Waals surface area contributed by atoms with Gasteiger partial charge in [-0.15, -0.1) is 0 Å². The summed E-state index contributed by atoms with van der Waals surface area (Å²) in [6.45, 7) is 0. The van der Waals surface area contributed by atoms with Crippen LogP contribution in [0.2, 0.25) is 5.02 Å². The Bertz CT molecular complexity index is 798. The van der Waals surface area contributed by atoms with Crippen LogP contribution in [0.4, 0.5) is 24.0 Å². The van der Waals surface area contributed by atoms with Gasteiger partial charge in [0.15, 0.2) is 10.8 Å². The predicted octanol–water partition coefficient (Wildman–Crippen LogP) is 6.23. The number of alkyl halides is 3. The number of rotatable bonds is 3. The zero-order valence-corrected chi connectivity index (χ0v) is 13.1. The normalized spacial score (nSPS) is 11.5. The van der Waals surface area contributed by atoms with E-state index in [1.807, 2.05) is 6.07 Å². The van der Waals surface area contributed by atoms with Crippen molar-refractivity contribution in [1.82, 2.24) is 4.98 Å². The zero-order valence-electron chi connectivity index (χ0n) is 11.6. The van der Waals surface area contributed by atoms with Gasteiger partial charge in [-0.25, -0.2) is 4.98 Å². The molecule has 0 radical (unpaired) electrons. The molecule has 0 saturated heterocycles. The van der Waals surface area contributed by atoms with Crippen LogP contribution in [0.5, 0.6) is 0 Å². The highest BCUT2D eigenvalue weighted by atomic mass is 35.5. The lowest BCUT2D eigenvalue weighted by Crippen LogP contribution is -2.07. The van der Waals surface area contributed by atoms with E-state index in [0.717, 1.165) is 11.3 Å². The monoisotopic (exact) mass is 354 g/mol. The van der Waals surface area contributed by atoms with Crippen molar-refractivity contribution in [3.8, 4) is 10.4 Å². The standard InChI is InChI=1S/C16H10ClF3N2S/c17-11-8-6-10(7-9-11)13-14(16(18,19)20)22-15(23-13)21-12-4-2-1-3-5-12/h1-9H,(H,21,22). The van der Waals surface area contributed by atoms with Crippen molar-refractivity contribution >= 4 is 33.8 Å². The molecule has 3 aromatic rings. The Kier molecular flexibility index (Phi) is 4.28. The molecule has 118 valence electrons. The van der Waals surface area contributed by atoms with Gasteiger partial charge in [0.25, 0.3) is 0 Å². The Morgan fingerprint density at radius 2 is 1.61 bits per heavy atom. The number of para-hydroxylation sites is 1. The highest BCUT2D eigenvalue weighted by molar-refractivity contribution is 7.19. The molecule has 0 amide bonds. The van der Waals surface area contributed by atoms with Crippen LogP contribution in [0, 0.1) is 0 Å². The summed E-state index contributed by atoms with van der Waals surface area (Å²) in [5.74, 6) is 0. The molecule has 0 bridgehead atoms. The van der Waals surface area contributed by atoms with Crippen molar-refractivity contribution in [2.24, 2.45) is 0 Å². The molecule has 0 saturated carbocycles. The minimum atomic E-state index is -4.53. The molecule has 0 aliphatic heterocycles. The third-order valence-corrected chi connectivity index (χ3v) is 4.30. The fourth-order valence-electron chi connectivity index (χ4n) is 2.01. The third kappa shape index (κ3) is 3.65. The van der Waals surface area contributed by atoms with Gasteiger partial charge in [0.2, 0.25) is 0 Å². The highest BCUT2D eigenvalue weighted by Gasteiger charge is 2.38. The Balaban J connectivity index is 2.02. The van der Waals surface area contributed by atoms with Gasteiger partial charge in [0, 0.05) is 10.7 Å². The lowest BCUT2D eigenvalue weighted by atomic mass is 10.1. The van der Waals surface area contributed by atoms with Crippen molar-refractivity contribution in [1.29, 1.82) is 0 Å². The number of hydrogen-bond donors (Lipinski definition) is 1. The quantitative estimate of drug-likeness (QED) is 0.603. The summed E-state index contributed by atoms with van der Waals surface area (Å²) >= 11 is 6.75. The summed E-state index contributed by atoms with van der Waals surface area (Å²) < 4.78 is 39.8. The van der Waals surface area contributed by atoms with E-state index < -0.39 is 11.9 Å². The fourth-order valence-corrected chi connectivity index (χ4v) is 3.14. The van der Waals surface area contributed by atoms with Crippen molar-refractivity contribution in [3.63, 3.8) is 0 Å². The second-order valence-electron chi connectivity index (χ2n) is 4.69. The first kappa shape index (κ1) is 15.8. The van der Waals surface area contributed by atoms with Crippen LogP contribution in [0.15, 0.2) is 54.6 Å². The average molecular weight is 355 g/mol. The second-order valence-corrected chi connectivity index (χ2v) is 6.13. The smallest absolute Gasteiger partial charge is 0.332 e. The summed E-state index contributed by atoms with van der Waals surface area (Å²) in [5, 5.41) is 3.55. The summed E-state index contributed by atoms with van der Waals surface area (Å²) in [5.41, 5.74) is 0.209. The molecule has 7 heteroatoms. The molecule has 1 aromatic heterocycles. The molecule has 0 aliphatic carbocycles. The molecule has 0 aliphatic rings. The van der Waals surface area contributed by atoms with Crippen LogP contribution in [-0.2, 0) is 6.18 Å². The number of nitrogens with zero attached hydrogens (tertiary/aromatic N) is 1. The van der Waals surface area contributed by atoms with Crippen LogP contribution in [-0.4, -0.2) is 4.98 Å².